The Morgan fingerprint density at radius 2 is 2.00 bits per heavy atom. The number of hydrogen-bond acceptors (Lipinski definition) is 4. The molecule has 0 aromatic rings. The SMILES string of the molecule is O=C(O)C(S)C(S)CS. The highest BCUT2D eigenvalue weighted by Crippen LogP contribution is 2.09. The summed E-state index contributed by atoms with van der Waals surface area (Å²) in [5.74, 6) is -0.531. The van der Waals surface area contributed by atoms with E-state index in [2.05, 4.69) is 37.9 Å². The zero-order chi connectivity index (χ0) is 7.44. The molecule has 0 aliphatic heterocycles. The average Bonchev–Trinajstić information content (AvgIpc) is 1.84. The number of hydrogen-bond donors (Lipinski definition) is 4. The van der Waals surface area contributed by atoms with Gasteiger partial charge < -0.3 is 5.11 Å². The topological polar surface area (TPSA) is 37.3 Å². The van der Waals surface area contributed by atoms with Crippen molar-refractivity contribution in [3.05, 3.63) is 0 Å². The van der Waals surface area contributed by atoms with E-state index >= 15 is 0 Å². The monoisotopic (exact) mass is 184 g/mol. The second-order valence-corrected chi connectivity index (χ2v) is 3.12. The van der Waals surface area contributed by atoms with Gasteiger partial charge >= 0.3 is 5.97 Å². The van der Waals surface area contributed by atoms with Crippen molar-refractivity contribution in [2.45, 2.75) is 10.5 Å². The van der Waals surface area contributed by atoms with Gasteiger partial charge in [0.1, 0.15) is 5.25 Å². The van der Waals surface area contributed by atoms with Gasteiger partial charge in [0.15, 0.2) is 0 Å². The van der Waals surface area contributed by atoms with Crippen LogP contribution >= 0.6 is 37.9 Å². The summed E-state index contributed by atoms with van der Waals surface area (Å²) in [6.45, 7) is 0. The Hall–Kier alpha value is 0.520. The van der Waals surface area contributed by atoms with Crippen LogP contribution in [0.3, 0.4) is 0 Å². The summed E-state index contributed by atoms with van der Waals surface area (Å²) in [6, 6.07) is 0. The molecule has 54 valence electrons. The molecule has 0 aromatic heterocycles. The first-order valence-corrected chi connectivity index (χ1v) is 3.96. The zero-order valence-corrected chi connectivity index (χ0v) is 7.24. The minimum absolute atomic E-state index is 0.283. The molecular weight excluding hydrogens is 176 g/mol. The lowest BCUT2D eigenvalue weighted by Gasteiger charge is -2.09. The molecule has 0 aliphatic rings. The quantitative estimate of drug-likeness (QED) is 0.485. The van der Waals surface area contributed by atoms with E-state index in [0.717, 1.165) is 0 Å². The van der Waals surface area contributed by atoms with E-state index in [4.69, 9.17) is 5.11 Å². The first-order valence-electron chi connectivity index (χ1n) is 2.29. The van der Waals surface area contributed by atoms with Crippen LogP contribution in [0, 0.1) is 0 Å². The van der Waals surface area contributed by atoms with E-state index in [1.165, 1.54) is 0 Å². The molecule has 0 saturated heterocycles. The van der Waals surface area contributed by atoms with Crippen LogP contribution < -0.4 is 0 Å². The molecule has 0 aliphatic carbocycles. The largest absolute Gasteiger partial charge is 0.480 e. The van der Waals surface area contributed by atoms with Crippen molar-refractivity contribution in [2.24, 2.45) is 0 Å². The summed E-state index contributed by atoms with van der Waals surface area (Å²) in [5.41, 5.74) is 0. The Kier molecular flexibility index (Phi) is 4.61. The fourth-order valence-corrected chi connectivity index (χ4v) is 0.874. The van der Waals surface area contributed by atoms with Crippen LogP contribution in [0.15, 0.2) is 0 Å². The van der Waals surface area contributed by atoms with E-state index in [1.54, 1.807) is 0 Å². The van der Waals surface area contributed by atoms with Crippen molar-refractivity contribution in [1.29, 1.82) is 0 Å². The summed E-state index contributed by atoms with van der Waals surface area (Å²) < 4.78 is 0. The van der Waals surface area contributed by atoms with E-state index < -0.39 is 11.2 Å². The molecule has 0 heterocycles. The lowest BCUT2D eigenvalue weighted by Crippen LogP contribution is -2.25. The summed E-state index contributed by atoms with van der Waals surface area (Å²) in [6.07, 6.45) is 0. The molecule has 0 rings (SSSR count). The number of aliphatic carboxylic acids is 1. The molecule has 2 atom stereocenters. The minimum atomic E-state index is -0.951. The average molecular weight is 184 g/mol. The van der Waals surface area contributed by atoms with Gasteiger partial charge in [-0.1, -0.05) is 0 Å². The van der Waals surface area contributed by atoms with Crippen LogP contribution in [0.5, 0.6) is 0 Å². The zero-order valence-electron chi connectivity index (χ0n) is 4.56. The molecule has 9 heavy (non-hydrogen) atoms. The molecule has 0 amide bonds. The third kappa shape index (κ3) is 3.27. The maximum Gasteiger partial charge on any atom is 0.317 e. The predicted octanol–water partition coefficient (Wildman–Crippen LogP) is 0.598. The highest BCUT2D eigenvalue weighted by Gasteiger charge is 2.19. The van der Waals surface area contributed by atoms with Gasteiger partial charge in [0.25, 0.3) is 0 Å². The van der Waals surface area contributed by atoms with Crippen molar-refractivity contribution in [2.75, 3.05) is 5.75 Å². The summed E-state index contributed by atoms with van der Waals surface area (Å²) in [7, 11) is 0. The fourth-order valence-electron chi connectivity index (χ4n) is 0.264. The molecule has 2 nitrogen and oxygen atoms in total. The van der Waals surface area contributed by atoms with Crippen LogP contribution in [-0.2, 0) is 4.79 Å². The molecule has 0 bridgehead atoms. The fraction of sp³-hybridized carbons (Fsp3) is 0.750. The van der Waals surface area contributed by atoms with Crippen LogP contribution in [0.2, 0.25) is 0 Å². The molecule has 1 N–H and O–H groups in total. The summed E-state index contributed by atoms with van der Waals surface area (Å²) >= 11 is 11.6. The molecule has 0 saturated carbocycles. The maximum atomic E-state index is 10.1. The van der Waals surface area contributed by atoms with Gasteiger partial charge in [-0.3, -0.25) is 4.79 Å². The standard InChI is InChI=1S/C4H8O2S3/c5-4(6)3(9)2(8)1-7/h2-3,7-9H,1H2,(H,5,6). The molecule has 2 unspecified atom stereocenters. The Labute approximate surface area is 70.3 Å². The van der Waals surface area contributed by atoms with Crippen LogP contribution in [0.4, 0.5) is 0 Å². The normalized spacial score (nSPS) is 16.8. The Balaban J connectivity index is 3.72. The van der Waals surface area contributed by atoms with Gasteiger partial charge in [0.05, 0.1) is 0 Å². The first kappa shape index (κ1) is 9.52. The molecule has 0 fully saturated rings. The molecule has 0 radical (unpaired) electrons. The van der Waals surface area contributed by atoms with Crippen LogP contribution in [-0.4, -0.2) is 27.3 Å². The highest BCUT2D eigenvalue weighted by atomic mass is 32.1. The van der Waals surface area contributed by atoms with E-state index in [0.29, 0.717) is 5.75 Å². The number of carbonyl (C=O) groups is 1. The van der Waals surface area contributed by atoms with E-state index in [-0.39, 0.29) is 5.25 Å². The molecule has 0 spiro atoms. The Morgan fingerprint density at radius 1 is 1.56 bits per heavy atom. The predicted molar refractivity (Wildman–Crippen MR) is 47.0 cm³/mol. The number of carboxylic acids is 1. The van der Waals surface area contributed by atoms with Crippen molar-refractivity contribution in [3.63, 3.8) is 0 Å². The van der Waals surface area contributed by atoms with Crippen molar-refractivity contribution >= 4 is 43.9 Å². The third-order valence-electron chi connectivity index (χ3n) is 0.805. The molecule has 5 heteroatoms. The van der Waals surface area contributed by atoms with Gasteiger partial charge in [-0.05, 0) is 0 Å². The van der Waals surface area contributed by atoms with E-state index in [1.807, 2.05) is 0 Å². The molecule has 0 aromatic carbocycles. The second-order valence-electron chi connectivity index (χ2n) is 1.53. The van der Waals surface area contributed by atoms with Gasteiger partial charge in [-0.25, -0.2) is 0 Å². The summed E-state index contributed by atoms with van der Waals surface area (Å²) in [4.78, 5) is 10.1. The van der Waals surface area contributed by atoms with Crippen LogP contribution in [0.1, 0.15) is 0 Å². The molecular formula is C4H8O2S3. The lowest BCUT2D eigenvalue weighted by atomic mass is 10.3. The lowest BCUT2D eigenvalue weighted by molar-refractivity contribution is -0.136. The number of rotatable bonds is 3. The van der Waals surface area contributed by atoms with Crippen molar-refractivity contribution < 1.29 is 9.90 Å². The minimum Gasteiger partial charge on any atom is -0.480 e. The maximum absolute atomic E-state index is 10.1. The highest BCUT2D eigenvalue weighted by molar-refractivity contribution is 7.87. The van der Waals surface area contributed by atoms with Gasteiger partial charge in [0, 0.05) is 11.0 Å². The van der Waals surface area contributed by atoms with Crippen LogP contribution in [0.25, 0.3) is 0 Å². The smallest absolute Gasteiger partial charge is 0.317 e. The third-order valence-corrected chi connectivity index (χ3v) is 2.78. The number of thiol groups is 3. The summed E-state index contributed by atoms with van der Waals surface area (Å²) in [5, 5.41) is 7.32. The van der Waals surface area contributed by atoms with Gasteiger partial charge in [-0.2, -0.15) is 37.9 Å². The van der Waals surface area contributed by atoms with Gasteiger partial charge in [0.2, 0.25) is 0 Å². The Bertz CT molecular complexity index is 106. The second kappa shape index (κ2) is 4.35. The van der Waals surface area contributed by atoms with E-state index in [9.17, 15) is 4.79 Å². The van der Waals surface area contributed by atoms with Crippen molar-refractivity contribution in [1.82, 2.24) is 0 Å². The first-order chi connectivity index (χ1) is 4.09. The Morgan fingerprint density at radius 3 is 2.11 bits per heavy atom. The van der Waals surface area contributed by atoms with Gasteiger partial charge in [-0.15, -0.1) is 0 Å². The van der Waals surface area contributed by atoms with Crippen molar-refractivity contribution in [3.8, 4) is 0 Å². The number of carboxylic acid groups (broad SMARTS) is 1.